The molecule has 1 N–H and O–H groups in total. The summed E-state index contributed by atoms with van der Waals surface area (Å²) in [5.41, 5.74) is 0.905. The van der Waals surface area contributed by atoms with E-state index in [2.05, 4.69) is 10.2 Å². The molecule has 1 aromatic carbocycles. The van der Waals surface area contributed by atoms with Gasteiger partial charge in [0.15, 0.2) is 0 Å². The van der Waals surface area contributed by atoms with E-state index >= 15 is 0 Å². The van der Waals surface area contributed by atoms with Crippen molar-refractivity contribution in [2.75, 3.05) is 46.9 Å². The number of amides is 2. The Morgan fingerprint density at radius 2 is 1.86 bits per heavy atom. The molecule has 2 amide bonds. The number of methoxy groups -OCH3 is 1. The van der Waals surface area contributed by atoms with Gasteiger partial charge < -0.3 is 15.0 Å². The molecule has 6 heteroatoms. The summed E-state index contributed by atoms with van der Waals surface area (Å²) in [4.78, 5) is 27.7. The number of piperazine rings is 1. The average molecular weight is 305 g/mol. The van der Waals surface area contributed by atoms with Crippen LogP contribution in [0.15, 0.2) is 24.3 Å². The van der Waals surface area contributed by atoms with Crippen molar-refractivity contribution in [3.05, 3.63) is 29.8 Å². The summed E-state index contributed by atoms with van der Waals surface area (Å²) >= 11 is 0. The molecule has 22 heavy (non-hydrogen) atoms. The van der Waals surface area contributed by atoms with Gasteiger partial charge in [-0.3, -0.25) is 14.5 Å². The maximum Gasteiger partial charge on any atom is 0.233 e. The minimum absolute atomic E-state index is 0.00815. The van der Waals surface area contributed by atoms with Gasteiger partial charge in [0.25, 0.3) is 0 Å². The first-order chi connectivity index (χ1) is 10.6. The number of carbonyl (C=O) groups excluding carboxylic acids is 2. The van der Waals surface area contributed by atoms with Crippen molar-refractivity contribution in [1.82, 2.24) is 15.1 Å². The number of hydrogen-bond acceptors (Lipinski definition) is 4. The standard InChI is InChI=1S/C16H23N3O3/c1-17-15(20)12-18-7-9-19(10-8-18)16(21)11-13-5-3-4-6-14(13)22-2/h3-6H,7-12H2,1-2H3,(H,17,20). The van der Waals surface area contributed by atoms with Gasteiger partial charge in [0.05, 0.1) is 20.1 Å². The molecule has 1 aliphatic heterocycles. The van der Waals surface area contributed by atoms with Crippen molar-refractivity contribution in [1.29, 1.82) is 0 Å². The number of hydrogen-bond donors (Lipinski definition) is 1. The summed E-state index contributed by atoms with van der Waals surface area (Å²) in [6.07, 6.45) is 0.347. The molecule has 0 aromatic heterocycles. The molecular formula is C16H23N3O3. The van der Waals surface area contributed by atoms with Crippen LogP contribution in [-0.4, -0.2) is 68.5 Å². The van der Waals surface area contributed by atoms with Gasteiger partial charge in [0.2, 0.25) is 11.8 Å². The largest absolute Gasteiger partial charge is 0.496 e. The van der Waals surface area contributed by atoms with Gasteiger partial charge in [-0.05, 0) is 6.07 Å². The number of ether oxygens (including phenoxy) is 1. The normalized spacial score (nSPS) is 15.5. The van der Waals surface area contributed by atoms with Gasteiger partial charge in [-0.25, -0.2) is 0 Å². The minimum atomic E-state index is 0.00815. The first-order valence-corrected chi connectivity index (χ1v) is 7.46. The van der Waals surface area contributed by atoms with Crippen LogP contribution in [0.1, 0.15) is 5.56 Å². The van der Waals surface area contributed by atoms with E-state index in [0.29, 0.717) is 26.1 Å². The molecule has 0 radical (unpaired) electrons. The van der Waals surface area contributed by atoms with E-state index in [1.165, 1.54) is 0 Å². The van der Waals surface area contributed by atoms with Crippen molar-refractivity contribution in [3.63, 3.8) is 0 Å². The van der Waals surface area contributed by atoms with E-state index in [0.717, 1.165) is 24.4 Å². The zero-order valence-electron chi connectivity index (χ0n) is 13.2. The second-order valence-electron chi connectivity index (χ2n) is 5.32. The van der Waals surface area contributed by atoms with Crippen LogP contribution in [0.5, 0.6) is 5.75 Å². The van der Waals surface area contributed by atoms with Crippen LogP contribution in [0.2, 0.25) is 0 Å². The van der Waals surface area contributed by atoms with E-state index in [4.69, 9.17) is 4.74 Å². The summed E-state index contributed by atoms with van der Waals surface area (Å²) in [6, 6.07) is 7.58. The molecule has 0 bridgehead atoms. The van der Waals surface area contributed by atoms with Crippen LogP contribution in [0.3, 0.4) is 0 Å². The third kappa shape index (κ3) is 4.21. The fraction of sp³-hybridized carbons (Fsp3) is 0.500. The topological polar surface area (TPSA) is 61.9 Å². The zero-order chi connectivity index (χ0) is 15.9. The fourth-order valence-electron chi connectivity index (χ4n) is 2.56. The highest BCUT2D eigenvalue weighted by molar-refractivity contribution is 5.80. The Kier molecular flexibility index (Phi) is 5.77. The predicted octanol–water partition coefficient (Wildman–Crippen LogP) is 0.128. The molecule has 0 saturated carbocycles. The molecule has 0 unspecified atom stereocenters. The fourth-order valence-corrected chi connectivity index (χ4v) is 2.56. The molecule has 1 aromatic rings. The van der Waals surface area contributed by atoms with Gasteiger partial charge >= 0.3 is 0 Å². The van der Waals surface area contributed by atoms with Crippen LogP contribution in [0.25, 0.3) is 0 Å². The zero-order valence-corrected chi connectivity index (χ0v) is 13.2. The van der Waals surface area contributed by atoms with Crippen LogP contribution in [0, 0.1) is 0 Å². The van der Waals surface area contributed by atoms with E-state index in [9.17, 15) is 9.59 Å². The molecule has 0 aliphatic carbocycles. The van der Waals surface area contributed by atoms with Gasteiger partial charge in [0.1, 0.15) is 5.75 Å². The maximum absolute atomic E-state index is 12.4. The Bertz CT molecular complexity index is 525. The van der Waals surface area contributed by atoms with Crippen molar-refractivity contribution in [3.8, 4) is 5.75 Å². The lowest BCUT2D eigenvalue weighted by Gasteiger charge is -2.34. The molecule has 1 saturated heterocycles. The monoisotopic (exact) mass is 305 g/mol. The molecule has 2 rings (SSSR count). The molecule has 1 heterocycles. The minimum Gasteiger partial charge on any atom is -0.496 e. The van der Waals surface area contributed by atoms with Crippen LogP contribution >= 0.6 is 0 Å². The Morgan fingerprint density at radius 1 is 1.18 bits per heavy atom. The molecule has 1 aliphatic rings. The smallest absolute Gasteiger partial charge is 0.233 e. The third-order valence-corrected chi connectivity index (χ3v) is 3.91. The maximum atomic E-state index is 12.4. The van der Waals surface area contributed by atoms with Crippen LogP contribution in [0.4, 0.5) is 0 Å². The second-order valence-corrected chi connectivity index (χ2v) is 5.32. The van der Waals surface area contributed by atoms with Crippen molar-refractivity contribution < 1.29 is 14.3 Å². The summed E-state index contributed by atoms with van der Waals surface area (Å²) in [6.45, 7) is 3.16. The Balaban J connectivity index is 1.86. The third-order valence-electron chi connectivity index (χ3n) is 3.91. The van der Waals surface area contributed by atoms with Gasteiger partial charge in [-0.2, -0.15) is 0 Å². The predicted molar refractivity (Wildman–Crippen MR) is 83.8 cm³/mol. The quantitative estimate of drug-likeness (QED) is 0.840. The number of nitrogens with zero attached hydrogens (tertiary/aromatic N) is 2. The number of rotatable bonds is 5. The summed E-state index contributed by atoms with van der Waals surface area (Å²) < 4.78 is 5.28. The highest BCUT2D eigenvalue weighted by Gasteiger charge is 2.22. The van der Waals surface area contributed by atoms with E-state index in [1.807, 2.05) is 29.2 Å². The lowest BCUT2D eigenvalue weighted by Crippen LogP contribution is -2.51. The lowest BCUT2D eigenvalue weighted by molar-refractivity contribution is -0.132. The number of para-hydroxylation sites is 1. The Hall–Kier alpha value is -2.08. The van der Waals surface area contributed by atoms with Crippen molar-refractivity contribution in [2.24, 2.45) is 0 Å². The summed E-state index contributed by atoms with van der Waals surface area (Å²) in [5, 5.41) is 2.62. The van der Waals surface area contributed by atoms with E-state index in [-0.39, 0.29) is 11.8 Å². The Morgan fingerprint density at radius 3 is 2.50 bits per heavy atom. The molecule has 0 spiro atoms. The van der Waals surface area contributed by atoms with E-state index < -0.39 is 0 Å². The number of nitrogens with one attached hydrogen (secondary N) is 1. The molecular weight excluding hydrogens is 282 g/mol. The number of benzene rings is 1. The molecule has 6 nitrogen and oxygen atoms in total. The first kappa shape index (κ1) is 16.3. The summed E-state index contributed by atoms with van der Waals surface area (Å²) in [5.74, 6) is 0.854. The van der Waals surface area contributed by atoms with Gasteiger partial charge in [0, 0.05) is 38.8 Å². The Labute approximate surface area is 131 Å². The highest BCUT2D eigenvalue weighted by Crippen LogP contribution is 2.18. The van der Waals surface area contributed by atoms with Crippen LogP contribution in [-0.2, 0) is 16.0 Å². The first-order valence-electron chi connectivity index (χ1n) is 7.46. The molecule has 120 valence electrons. The lowest BCUT2D eigenvalue weighted by atomic mass is 10.1. The molecule has 1 fully saturated rings. The van der Waals surface area contributed by atoms with Crippen molar-refractivity contribution >= 4 is 11.8 Å². The van der Waals surface area contributed by atoms with Crippen LogP contribution < -0.4 is 10.1 Å². The number of likely N-dealkylation sites (N-methyl/N-ethyl adjacent to an activating group) is 1. The van der Waals surface area contributed by atoms with Gasteiger partial charge in [-0.1, -0.05) is 18.2 Å². The van der Waals surface area contributed by atoms with E-state index in [1.54, 1.807) is 14.2 Å². The van der Waals surface area contributed by atoms with Gasteiger partial charge in [-0.15, -0.1) is 0 Å². The average Bonchev–Trinajstić information content (AvgIpc) is 2.55. The highest BCUT2D eigenvalue weighted by atomic mass is 16.5. The van der Waals surface area contributed by atoms with Crippen molar-refractivity contribution in [2.45, 2.75) is 6.42 Å². The SMILES string of the molecule is CNC(=O)CN1CCN(C(=O)Cc2ccccc2OC)CC1. The number of carbonyl (C=O) groups is 2. The molecule has 0 atom stereocenters. The summed E-state index contributed by atoms with van der Waals surface area (Å²) in [7, 11) is 3.25. The second kappa shape index (κ2) is 7.79.